The smallest absolute Gasteiger partial charge is 0.254 e. The molecule has 0 heterocycles. The quantitative estimate of drug-likeness (QED) is 0.848. The largest absolute Gasteiger partial charge is 0.497 e. The van der Waals surface area contributed by atoms with Crippen LogP contribution >= 0.6 is 12.2 Å². The van der Waals surface area contributed by atoms with Gasteiger partial charge < -0.3 is 15.4 Å². The Kier molecular flexibility index (Phi) is 5.51. The predicted molar refractivity (Wildman–Crippen MR) is 85.2 cm³/mol. The second-order valence-electron chi connectivity index (χ2n) is 5.57. The van der Waals surface area contributed by atoms with E-state index >= 15 is 0 Å². The molecule has 2 N–H and O–H groups in total. The zero-order chi connectivity index (χ0) is 15.3. The van der Waals surface area contributed by atoms with Crippen molar-refractivity contribution in [2.75, 3.05) is 13.7 Å². The van der Waals surface area contributed by atoms with Gasteiger partial charge in [-0.1, -0.05) is 12.2 Å². The van der Waals surface area contributed by atoms with Crippen molar-refractivity contribution in [2.45, 2.75) is 32.7 Å². The predicted octanol–water partition coefficient (Wildman–Crippen LogP) is 2.61. The van der Waals surface area contributed by atoms with Gasteiger partial charge in [-0.05, 0) is 45.0 Å². The molecule has 5 heteroatoms. The van der Waals surface area contributed by atoms with Crippen LogP contribution in [-0.2, 0) is 0 Å². The van der Waals surface area contributed by atoms with Gasteiger partial charge in [0.25, 0.3) is 5.91 Å². The number of rotatable bonds is 5. The molecule has 0 saturated carbocycles. The first kappa shape index (κ1) is 16.4. The summed E-state index contributed by atoms with van der Waals surface area (Å²) in [6.07, 6.45) is 0.522. The van der Waals surface area contributed by atoms with Gasteiger partial charge in [0.05, 0.1) is 12.1 Å². The van der Waals surface area contributed by atoms with Crippen molar-refractivity contribution in [1.29, 1.82) is 0 Å². The summed E-state index contributed by atoms with van der Waals surface area (Å²) in [7, 11) is 1.60. The van der Waals surface area contributed by atoms with Gasteiger partial charge in [0.1, 0.15) is 5.75 Å². The number of hydrogen-bond acceptors (Lipinski definition) is 3. The minimum absolute atomic E-state index is 0.0311. The van der Waals surface area contributed by atoms with Gasteiger partial charge in [0.2, 0.25) is 0 Å². The Morgan fingerprint density at radius 1 is 1.30 bits per heavy atom. The Balaban J connectivity index is 2.94. The molecule has 0 atom stereocenters. The molecule has 1 amide bonds. The van der Waals surface area contributed by atoms with Crippen LogP contribution in [0.15, 0.2) is 24.3 Å². The maximum atomic E-state index is 12.6. The lowest BCUT2D eigenvalue weighted by Crippen LogP contribution is -2.46. The van der Waals surface area contributed by atoms with Gasteiger partial charge in [-0.3, -0.25) is 4.79 Å². The second kappa shape index (κ2) is 6.70. The van der Waals surface area contributed by atoms with Crippen molar-refractivity contribution in [3.8, 4) is 5.75 Å². The summed E-state index contributed by atoms with van der Waals surface area (Å²) in [6, 6.07) is 7.09. The van der Waals surface area contributed by atoms with Gasteiger partial charge in [-0.2, -0.15) is 0 Å². The van der Waals surface area contributed by atoms with Gasteiger partial charge in [0.15, 0.2) is 0 Å². The molecule has 0 unspecified atom stereocenters. The zero-order valence-corrected chi connectivity index (χ0v) is 13.3. The van der Waals surface area contributed by atoms with Crippen molar-refractivity contribution in [3.63, 3.8) is 0 Å². The molecule has 0 aliphatic heterocycles. The lowest BCUT2D eigenvalue weighted by Gasteiger charge is -2.36. The molecule has 0 aliphatic carbocycles. The maximum Gasteiger partial charge on any atom is 0.254 e. The first-order valence-corrected chi connectivity index (χ1v) is 6.91. The molecule has 1 aromatic rings. The standard InChI is InChI=1S/C15H22N2O2S/c1-15(2,3)17(10-9-13(16)20)14(18)11-5-7-12(19-4)8-6-11/h5-8H,9-10H2,1-4H3,(H2,16,20). The summed E-state index contributed by atoms with van der Waals surface area (Å²) in [5.41, 5.74) is 5.88. The monoisotopic (exact) mass is 294 g/mol. The van der Waals surface area contributed by atoms with E-state index in [1.54, 1.807) is 36.3 Å². The van der Waals surface area contributed by atoms with Crippen molar-refractivity contribution in [3.05, 3.63) is 29.8 Å². The average Bonchev–Trinajstić information content (AvgIpc) is 2.37. The summed E-state index contributed by atoms with van der Waals surface area (Å²) in [5.74, 6) is 0.698. The topological polar surface area (TPSA) is 55.6 Å². The number of carbonyl (C=O) groups is 1. The highest BCUT2D eigenvalue weighted by Crippen LogP contribution is 2.19. The number of nitrogens with two attached hydrogens (primary N) is 1. The highest BCUT2D eigenvalue weighted by molar-refractivity contribution is 7.80. The Morgan fingerprint density at radius 2 is 1.85 bits per heavy atom. The summed E-state index contributed by atoms with van der Waals surface area (Å²) in [4.78, 5) is 14.8. The number of amides is 1. The number of carbonyl (C=O) groups excluding carboxylic acids is 1. The number of ether oxygens (including phenoxy) is 1. The van der Waals surface area contributed by atoms with Crippen LogP contribution in [0.2, 0.25) is 0 Å². The van der Waals surface area contributed by atoms with Crippen LogP contribution < -0.4 is 10.5 Å². The summed E-state index contributed by atoms with van der Waals surface area (Å²) >= 11 is 4.90. The molecule has 110 valence electrons. The van der Waals surface area contributed by atoms with Crippen LogP contribution in [0, 0.1) is 0 Å². The Morgan fingerprint density at radius 3 is 2.25 bits per heavy atom. The Bertz CT molecular complexity index is 478. The van der Waals surface area contributed by atoms with Crippen molar-refractivity contribution in [1.82, 2.24) is 4.90 Å². The number of nitrogens with zero attached hydrogens (tertiary/aromatic N) is 1. The number of hydrogen-bond donors (Lipinski definition) is 1. The van der Waals surface area contributed by atoms with Gasteiger partial charge in [-0.15, -0.1) is 0 Å². The third-order valence-corrected chi connectivity index (χ3v) is 3.18. The minimum Gasteiger partial charge on any atom is -0.497 e. The fourth-order valence-corrected chi connectivity index (χ4v) is 1.94. The van der Waals surface area contributed by atoms with Crippen LogP contribution in [-0.4, -0.2) is 35.0 Å². The highest BCUT2D eigenvalue weighted by atomic mass is 32.1. The first-order chi connectivity index (χ1) is 9.25. The number of benzene rings is 1. The molecule has 0 spiro atoms. The van der Waals surface area contributed by atoms with E-state index in [4.69, 9.17) is 22.7 Å². The number of methoxy groups -OCH3 is 1. The Hall–Kier alpha value is -1.62. The molecule has 0 aromatic heterocycles. The van der Waals surface area contributed by atoms with Crippen LogP contribution in [0.4, 0.5) is 0 Å². The molecule has 1 rings (SSSR count). The fourth-order valence-electron chi connectivity index (χ4n) is 1.85. The van der Waals surface area contributed by atoms with E-state index in [9.17, 15) is 4.79 Å². The van der Waals surface area contributed by atoms with E-state index < -0.39 is 0 Å². The van der Waals surface area contributed by atoms with E-state index in [1.807, 2.05) is 20.8 Å². The molecular weight excluding hydrogens is 272 g/mol. The van der Waals surface area contributed by atoms with Crippen LogP contribution in [0.25, 0.3) is 0 Å². The average molecular weight is 294 g/mol. The molecule has 0 fully saturated rings. The molecular formula is C15H22N2O2S. The van der Waals surface area contributed by atoms with E-state index in [0.717, 1.165) is 5.75 Å². The van der Waals surface area contributed by atoms with E-state index in [0.29, 0.717) is 23.5 Å². The minimum atomic E-state index is -0.290. The molecule has 4 nitrogen and oxygen atoms in total. The normalized spacial score (nSPS) is 11.0. The second-order valence-corrected chi connectivity index (χ2v) is 6.10. The fraction of sp³-hybridized carbons (Fsp3) is 0.467. The van der Waals surface area contributed by atoms with E-state index in [2.05, 4.69) is 0 Å². The van der Waals surface area contributed by atoms with Crippen LogP contribution in [0.1, 0.15) is 37.6 Å². The zero-order valence-electron chi connectivity index (χ0n) is 12.5. The molecule has 1 aromatic carbocycles. The summed E-state index contributed by atoms with van der Waals surface area (Å²) in [5, 5.41) is 0. The molecule has 0 aliphatic rings. The Labute approximate surface area is 125 Å². The van der Waals surface area contributed by atoms with Gasteiger partial charge in [0, 0.05) is 24.1 Å². The molecule has 0 radical (unpaired) electrons. The van der Waals surface area contributed by atoms with E-state index in [-0.39, 0.29) is 11.4 Å². The third kappa shape index (κ3) is 4.49. The van der Waals surface area contributed by atoms with Gasteiger partial charge in [-0.25, -0.2) is 0 Å². The van der Waals surface area contributed by atoms with Crippen molar-refractivity contribution < 1.29 is 9.53 Å². The van der Waals surface area contributed by atoms with Crippen molar-refractivity contribution >= 4 is 23.1 Å². The lowest BCUT2D eigenvalue weighted by molar-refractivity contribution is 0.0591. The van der Waals surface area contributed by atoms with Crippen molar-refractivity contribution in [2.24, 2.45) is 5.73 Å². The highest BCUT2D eigenvalue weighted by Gasteiger charge is 2.27. The first-order valence-electron chi connectivity index (χ1n) is 6.50. The maximum absolute atomic E-state index is 12.6. The lowest BCUT2D eigenvalue weighted by atomic mass is 10.0. The van der Waals surface area contributed by atoms with Crippen LogP contribution in [0.5, 0.6) is 5.75 Å². The van der Waals surface area contributed by atoms with E-state index in [1.165, 1.54) is 0 Å². The molecule has 0 saturated heterocycles. The molecule has 0 bridgehead atoms. The molecule has 20 heavy (non-hydrogen) atoms. The summed E-state index contributed by atoms with van der Waals surface area (Å²) in [6.45, 7) is 6.50. The van der Waals surface area contributed by atoms with Crippen LogP contribution in [0.3, 0.4) is 0 Å². The number of thiocarbonyl (C=S) groups is 1. The summed E-state index contributed by atoms with van der Waals surface area (Å²) < 4.78 is 5.10. The SMILES string of the molecule is COc1ccc(C(=O)N(CCC(N)=S)C(C)(C)C)cc1. The van der Waals surface area contributed by atoms with Gasteiger partial charge >= 0.3 is 0 Å². The third-order valence-electron chi connectivity index (χ3n) is 2.97.